The lowest BCUT2D eigenvalue weighted by Gasteiger charge is -2.28. The molecule has 0 bridgehead atoms. The molecular formula is C22H29N3O3S. The number of likely N-dealkylation sites (tertiary alicyclic amines) is 1. The molecule has 1 aliphatic rings. The van der Waals surface area contributed by atoms with Crippen molar-refractivity contribution in [3.8, 4) is 0 Å². The van der Waals surface area contributed by atoms with Gasteiger partial charge in [-0.25, -0.2) is 8.42 Å². The molecule has 2 N–H and O–H groups in total. The third-order valence-electron chi connectivity index (χ3n) is 5.42. The van der Waals surface area contributed by atoms with Gasteiger partial charge in [-0.2, -0.15) is 0 Å². The highest BCUT2D eigenvalue weighted by Gasteiger charge is 2.20. The smallest absolute Gasteiger partial charge is 0.261 e. The van der Waals surface area contributed by atoms with Crippen LogP contribution in [-0.2, 0) is 10.0 Å². The van der Waals surface area contributed by atoms with Crippen molar-refractivity contribution in [1.82, 2.24) is 10.2 Å². The summed E-state index contributed by atoms with van der Waals surface area (Å²) in [6.45, 7) is 4.69. The maximum absolute atomic E-state index is 12.7. The van der Waals surface area contributed by atoms with Crippen LogP contribution in [0.1, 0.15) is 35.2 Å². The van der Waals surface area contributed by atoms with Crippen LogP contribution in [-0.4, -0.2) is 45.9 Å². The molecule has 2 aromatic carbocycles. The maximum Gasteiger partial charge on any atom is 0.261 e. The Morgan fingerprint density at radius 1 is 1.07 bits per heavy atom. The zero-order valence-corrected chi connectivity index (χ0v) is 17.8. The first-order valence-electron chi connectivity index (χ1n) is 10.0. The number of anilines is 1. The van der Waals surface area contributed by atoms with Gasteiger partial charge in [0.25, 0.3) is 15.9 Å². The summed E-state index contributed by atoms with van der Waals surface area (Å²) < 4.78 is 27.9. The van der Waals surface area contributed by atoms with Gasteiger partial charge in [-0.1, -0.05) is 29.8 Å². The van der Waals surface area contributed by atoms with Gasteiger partial charge in [-0.3, -0.25) is 9.52 Å². The van der Waals surface area contributed by atoms with Gasteiger partial charge < -0.3 is 10.2 Å². The molecule has 3 rings (SSSR count). The first kappa shape index (κ1) is 21.3. The number of sulfonamides is 1. The Morgan fingerprint density at radius 2 is 1.72 bits per heavy atom. The van der Waals surface area contributed by atoms with Crippen molar-refractivity contribution in [2.45, 2.75) is 31.1 Å². The number of nitrogens with one attached hydrogen (secondary N) is 2. The lowest BCUT2D eigenvalue weighted by atomic mass is 9.94. The van der Waals surface area contributed by atoms with E-state index >= 15 is 0 Å². The van der Waals surface area contributed by atoms with Gasteiger partial charge >= 0.3 is 0 Å². The molecule has 29 heavy (non-hydrogen) atoms. The summed E-state index contributed by atoms with van der Waals surface area (Å²) in [6.07, 6.45) is 3.25. The van der Waals surface area contributed by atoms with Crippen molar-refractivity contribution in [2.24, 2.45) is 5.92 Å². The summed E-state index contributed by atoms with van der Waals surface area (Å²) in [7, 11) is -1.63. The Bertz CT molecular complexity index is 934. The molecule has 0 spiro atoms. The van der Waals surface area contributed by atoms with Gasteiger partial charge in [-0.15, -0.1) is 0 Å². The summed E-state index contributed by atoms with van der Waals surface area (Å²) >= 11 is 0. The second kappa shape index (κ2) is 9.41. The molecular weight excluding hydrogens is 386 g/mol. The van der Waals surface area contributed by atoms with Crippen LogP contribution in [0.2, 0.25) is 0 Å². The van der Waals surface area contributed by atoms with E-state index in [1.807, 2.05) is 6.92 Å². The molecule has 0 atom stereocenters. The molecule has 1 heterocycles. The fraction of sp³-hybridized carbons (Fsp3) is 0.409. The van der Waals surface area contributed by atoms with Crippen LogP contribution in [0.5, 0.6) is 0 Å². The minimum atomic E-state index is -3.76. The lowest BCUT2D eigenvalue weighted by molar-refractivity contribution is 0.0950. The predicted molar refractivity (Wildman–Crippen MR) is 116 cm³/mol. The molecule has 0 aliphatic carbocycles. The fourth-order valence-electron chi connectivity index (χ4n) is 3.53. The lowest BCUT2D eigenvalue weighted by Crippen LogP contribution is -2.33. The number of hydrogen-bond acceptors (Lipinski definition) is 4. The van der Waals surface area contributed by atoms with Gasteiger partial charge in [0.05, 0.1) is 16.1 Å². The molecule has 0 aromatic heterocycles. The monoisotopic (exact) mass is 415 g/mol. The summed E-state index contributed by atoms with van der Waals surface area (Å²) in [4.78, 5) is 15.2. The van der Waals surface area contributed by atoms with Gasteiger partial charge in [-0.05, 0) is 76.5 Å². The number of nitrogens with zero attached hydrogens (tertiary/aromatic N) is 1. The fourth-order valence-corrected chi connectivity index (χ4v) is 4.61. The Labute approximate surface area is 173 Å². The molecule has 0 unspecified atom stereocenters. The van der Waals surface area contributed by atoms with Gasteiger partial charge in [0.2, 0.25) is 0 Å². The molecule has 2 aromatic rings. The number of hydrogen-bond donors (Lipinski definition) is 2. The molecule has 1 aliphatic heterocycles. The second-order valence-electron chi connectivity index (χ2n) is 7.76. The number of aryl methyl sites for hydroxylation is 1. The van der Waals surface area contributed by atoms with Crippen LogP contribution < -0.4 is 10.0 Å². The first-order valence-corrected chi connectivity index (χ1v) is 11.5. The van der Waals surface area contributed by atoms with Gasteiger partial charge in [0.1, 0.15) is 0 Å². The van der Waals surface area contributed by atoms with Crippen LogP contribution in [0, 0.1) is 12.8 Å². The summed E-state index contributed by atoms with van der Waals surface area (Å²) in [6, 6.07) is 13.3. The van der Waals surface area contributed by atoms with Crippen molar-refractivity contribution in [3.63, 3.8) is 0 Å². The Balaban J connectivity index is 1.63. The minimum absolute atomic E-state index is 0.167. The van der Waals surface area contributed by atoms with E-state index in [4.69, 9.17) is 0 Å². The topological polar surface area (TPSA) is 78.5 Å². The Kier molecular flexibility index (Phi) is 6.92. The molecule has 0 saturated carbocycles. The largest absolute Gasteiger partial charge is 0.352 e. The standard InChI is InChI=1S/C22H29N3O3S/c1-17-7-9-19(10-8-17)29(27,28)24-21-6-4-3-5-20(21)22(26)23-14-11-18-12-15-25(2)16-13-18/h3-10,18,24H,11-16H2,1-2H3,(H,23,26). The molecule has 1 fully saturated rings. The number of carbonyl (C=O) groups is 1. The highest BCUT2D eigenvalue weighted by molar-refractivity contribution is 7.92. The van der Waals surface area contributed by atoms with Crippen molar-refractivity contribution >= 4 is 21.6 Å². The van der Waals surface area contributed by atoms with E-state index in [1.165, 1.54) is 0 Å². The summed E-state index contributed by atoms with van der Waals surface area (Å²) in [5.41, 5.74) is 1.59. The van der Waals surface area contributed by atoms with E-state index < -0.39 is 10.0 Å². The van der Waals surface area contributed by atoms with E-state index in [9.17, 15) is 13.2 Å². The Hall–Kier alpha value is -2.38. The number of rotatable bonds is 7. The van der Waals surface area contributed by atoms with Gasteiger partial charge in [0, 0.05) is 6.54 Å². The maximum atomic E-state index is 12.7. The molecule has 156 valence electrons. The number of benzene rings is 2. The van der Waals surface area contributed by atoms with E-state index in [1.54, 1.807) is 48.5 Å². The second-order valence-corrected chi connectivity index (χ2v) is 9.44. The molecule has 1 saturated heterocycles. The van der Waals surface area contributed by atoms with Crippen LogP contribution >= 0.6 is 0 Å². The van der Waals surface area contributed by atoms with Crippen LogP contribution in [0.3, 0.4) is 0 Å². The summed E-state index contributed by atoms with van der Waals surface area (Å²) in [5.74, 6) is 0.363. The summed E-state index contributed by atoms with van der Waals surface area (Å²) in [5, 5.41) is 2.94. The number of amides is 1. The Morgan fingerprint density at radius 3 is 2.41 bits per heavy atom. The number of para-hydroxylation sites is 1. The zero-order valence-electron chi connectivity index (χ0n) is 17.0. The van der Waals surface area contributed by atoms with Crippen molar-refractivity contribution in [2.75, 3.05) is 31.4 Å². The van der Waals surface area contributed by atoms with Crippen molar-refractivity contribution in [1.29, 1.82) is 0 Å². The average Bonchev–Trinajstić information content (AvgIpc) is 2.70. The normalized spacial score (nSPS) is 15.8. The molecule has 0 radical (unpaired) electrons. The number of carbonyl (C=O) groups excluding carboxylic acids is 1. The van der Waals surface area contributed by atoms with E-state index in [0.29, 0.717) is 18.0 Å². The molecule has 6 nitrogen and oxygen atoms in total. The van der Waals surface area contributed by atoms with Crippen molar-refractivity contribution in [3.05, 3.63) is 59.7 Å². The average molecular weight is 416 g/mol. The molecule has 7 heteroatoms. The SMILES string of the molecule is Cc1ccc(S(=O)(=O)Nc2ccccc2C(=O)NCCC2CCN(C)CC2)cc1. The van der Waals surface area contributed by atoms with Crippen LogP contribution in [0.15, 0.2) is 53.4 Å². The van der Waals surface area contributed by atoms with Crippen molar-refractivity contribution < 1.29 is 13.2 Å². The number of piperidine rings is 1. The highest BCUT2D eigenvalue weighted by atomic mass is 32.2. The van der Waals surface area contributed by atoms with E-state index in [0.717, 1.165) is 37.9 Å². The minimum Gasteiger partial charge on any atom is -0.352 e. The van der Waals surface area contributed by atoms with Gasteiger partial charge in [0.15, 0.2) is 0 Å². The van der Waals surface area contributed by atoms with Crippen LogP contribution in [0.25, 0.3) is 0 Å². The van der Waals surface area contributed by atoms with Crippen LogP contribution in [0.4, 0.5) is 5.69 Å². The quantitative estimate of drug-likeness (QED) is 0.728. The van der Waals surface area contributed by atoms with E-state index in [2.05, 4.69) is 22.0 Å². The zero-order chi connectivity index (χ0) is 20.9. The highest BCUT2D eigenvalue weighted by Crippen LogP contribution is 2.21. The third kappa shape index (κ3) is 5.81. The third-order valence-corrected chi connectivity index (χ3v) is 6.80. The van der Waals surface area contributed by atoms with E-state index in [-0.39, 0.29) is 16.5 Å². The molecule has 1 amide bonds. The first-order chi connectivity index (χ1) is 13.8. The predicted octanol–water partition coefficient (Wildman–Crippen LogP) is 3.26.